The Kier molecular flexibility index (Phi) is 3.72. The van der Waals surface area contributed by atoms with Gasteiger partial charge in [0.2, 0.25) is 5.82 Å². The number of hydrogen-bond donors (Lipinski definition) is 3. The summed E-state index contributed by atoms with van der Waals surface area (Å²) < 4.78 is 11.2. The highest BCUT2D eigenvalue weighted by molar-refractivity contribution is 7.65. The first-order valence-electron chi connectivity index (χ1n) is 5.96. The van der Waals surface area contributed by atoms with Gasteiger partial charge in [0.25, 0.3) is 0 Å². The summed E-state index contributed by atoms with van der Waals surface area (Å²) in [7, 11) is 0. The van der Waals surface area contributed by atoms with Crippen molar-refractivity contribution in [3.8, 4) is 0 Å². The van der Waals surface area contributed by atoms with Gasteiger partial charge in [-0.2, -0.15) is 4.98 Å². The average molecular weight is 270 g/mol. The monoisotopic (exact) mass is 270 g/mol. The largest absolute Gasteiger partial charge is 0.511 e. The van der Waals surface area contributed by atoms with Crippen molar-refractivity contribution in [3.05, 3.63) is 16.2 Å². The van der Waals surface area contributed by atoms with Crippen LogP contribution >= 0.6 is 0 Å². The highest BCUT2D eigenvalue weighted by atomic mass is 32.1. The zero-order chi connectivity index (χ0) is 13.2. The molecule has 1 aliphatic rings. The fourth-order valence-corrected chi connectivity index (χ4v) is 2.58. The number of aliphatic hydroxyl groups excluding tert-OH is 1. The van der Waals surface area contributed by atoms with Crippen LogP contribution < -0.4 is 11.0 Å². The Morgan fingerprint density at radius 3 is 2.72 bits per heavy atom. The molecule has 1 heterocycles. The van der Waals surface area contributed by atoms with E-state index in [4.69, 9.17) is 0 Å². The molecule has 7 heteroatoms. The summed E-state index contributed by atoms with van der Waals surface area (Å²) in [5.41, 5.74) is -0.305. The van der Waals surface area contributed by atoms with Crippen molar-refractivity contribution in [1.82, 2.24) is 9.97 Å². The maximum Gasteiger partial charge on any atom is 0.511 e. The van der Waals surface area contributed by atoms with Crippen LogP contribution in [0.2, 0.25) is 0 Å². The third-order valence-electron chi connectivity index (χ3n) is 3.39. The minimum Gasteiger partial charge on any atom is -0.394 e. The smallest absolute Gasteiger partial charge is 0.394 e. The van der Waals surface area contributed by atoms with Crippen LogP contribution in [0.25, 0.3) is 0 Å². The third kappa shape index (κ3) is 2.28. The van der Waals surface area contributed by atoms with Gasteiger partial charge in [0.15, 0.2) is 0 Å². The standard InChI is InChI=1S/C11H15N3O3S/c1-2-7-8(18-17)9(13-10(16)12-7)14-11(6-15)4-3-5-11/h15H,2-6H2,1H3,(H-,12,13,14,16,17)/p+1. The van der Waals surface area contributed by atoms with E-state index in [9.17, 15) is 14.1 Å². The van der Waals surface area contributed by atoms with Gasteiger partial charge in [0.05, 0.1) is 17.8 Å². The molecule has 18 heavy (non-hydrogen) atoms. The quantitative estimate of drug-likeness (QED) is 0.675. The highest BCUT2D eigenvalue weighted by Crippen LogP contribution is 2.35. The number of aromatic amines is 1. The van der Waals surface area contributed by atoms with Gasteiger partial charge in [-0.25, -0.2) is 4.79 Å². The second kappa shape index (κ2) is 5.11. The van der Waals surface area contributed by atoms with Crippen LogP contribution in [0.3, 0.4) is 0 Å². The summed E-state index contributed by atoms with van der Waals surface area (Å²) in [6.07, 6.45) is 3.23. The zero-order valence-electron chi connectivity index (χ0n) is 10.2. The predicted molar refractivity (Wildman–Crippen MR) is 67.8 cm³/mol. The molecule has 1 saturated carbocycles. The van der Waals surface area contributed by atoms with Crippen LogP contribution in [0.5, 0.6) is 0 Å². The number of aliphatic hydroxyl groups is 1. The fraction of sp³-hybridized carbons (Fsp3) is 0.636. The summed E-state index contributed by atoms with van der Waals surface area (Å²) in [5, 5.41) is 12.5. The number of aromatic nitrogens is 2. The molecule has 1 aromatic heterocycles. The maximum absolute atomic E-state index is 11.4. The molecule has 6 nitrogen and oxygen atoms in total. The third-order valence-corrected chi connectivity index (χ3v) is 4.00. The van der Waals surface area contributed by atoms with Gasteiger partial charge in [-0.05, 0) is 25.7 Å². The summed E-state index contributed by atoms with van der Waals surface area (Å²) >= 11 is 0.314. The lowest BCUT2D eigenvalue weighted by Gasteiger charge is -2.41. The Morgan fingerprint density at radius 2 is 2.28 bits per heavy atom. The van der Waals surface area contributed by atoms with Gasteiger partial charge in [-0.3, -0.25) is 0 Å². The number of nitrogens with zero attached hydrogens (tertiary/aromatic N) is 1. The Morgan fingerprint density at radius 1 is 1.56 bits per heavy atom. The van der Waals surface area contributed by atoms with Crippen LogP contribution in [0, 0.1) is 0 Å². The first-order valence-corrected chi connectivity index (χ1v) is 6.70. The molecule has 0 unspecified atom stereocenters. The van der Waals surface area contributed by atoms with Gasteiger partial charge in [0, 0.05) is 4.21 Å². The summed E-state index contributed by atoms with van der Waals surface area (Å²) in [6.45, 7) is 1.84. The topological polar surface area (TPSA) is 95.1 Å². The zero-order valence-corrected chi connectivity index (χ0v) is 11.0. The summed E-state index contributed by atoms with van der Waals surface area (Å²) in [4.78, 5) is 18.2. The van der Waals surface area contributed by atoms with Crippen LogP contribution in [0.1, 0.15) is 31.9 Å². The van der Waals surface area contributed by atoms with Crippen molar-refractivity contribution in [2.45, 2.75) is 43.0 Å². The number of hydrogen-bond acceptors (Lipinski definition) is 5. The van der Waals surface area contributed by atoms with E-state index >= 15 is 0 Å². The molecule has 1 fully saturated rings. The van der Waals surface area contributed by atoms with E-state index in [1.165, 1.54) is 0 Å². The molecular formula is C11H16N3O3S+. The molecule has 0 aromatic carbocycles. The predicted octanol–water partition coefficient (Wildman–Crippen LogP) is 0.446. The minimum absolute atomic E-state index is 0.0219. The van der Waals surface area contributed by atoms with Gasteiger partial charge in [-0.15, -0.1) is 0 Å². The van der Waals surface area contributed by atoms with Gasteiger partial charge < -0.3 is 15.4 Å². The highest BCUT2D eigenvalue weighted by Gasteiger charge is 2.39. The summed E-state index contributed by atoms with van der Waals surface area (Å²) in [6, 6.07) is 0. The summed E-state index contributed by atoms with van der Waals surface area (Å²) in [5.74, 6) is 0.296. The lowest BCUT2D eigenvalue weighted by Crippen LogP contribution is -2.49. The molecule has 98 valence electrons. The second-order valence-electron chi connectivity index (χ2n) is 4.55. The van der Waals surface area contributed by atoms with Gasteiger partial charge in [-0.1, -0.05) is 6.92 Å². The van der Waals surface area contributed by atoms with Crippen LogP contribution in [0.4, 0.5) is 5.82 Å². The van der Waals surface area contributed by atoms with Gasteiger partial charge >= 0.3 is 22.3 Å². The Labute approximate surface area is 108 Å². The van der Waals surface area contributed by atoms with Crippen molar-refractivity contribution in [3.63, 3.8) is 0 Å². The molecule has 0 radical (unpaired) electrons. The van der Waals surface area contributed by atoms with E-state index < -0.39 is 11.2 Å². The molecule has 0 spiro atoms. The molecule has 0 saturated heterocycles. The lowest BCUT2D eigenvalue weighted by molar-refractivity contribution is 0.143. The first kappa shape index (κ1) is 13.1. The normalized spacial score (nSPS) is 17.0. The second-order valence-corrected chi connectivity index (χ2v) is 5.13. The molecule has 0 aliphatic heterocycles. The average Bonchev–Trinajstić information content (AvgIpc) is 2.33. The number of aryl methyl sites for hydroxylation is 1. The Hall–Kier alpha value is -1.34. The minimum atomic E-state index is -0.473. The van der Waals surface area contributed by atoms with Crippen molar-refractivity contribution < 1.29 is 9.32 Å². The van der Waals surface area contributed by atoms with Crippen molar-refractivity contribution in [1.29, 1.82) is 0 Å². The Bertz CT molecular complexity index is 505. The molecular weight excluding hydrogens is 254 g/mol. The molecule has 1 aromatic rings. The number of nitrogens with one attached hydrogen (secondary N) is 2. The van der Waals surface area contributed by atoms with E-state index in [0.717, 1.165) is 19.3 Å². The maximum atomic E-state index is 11.4. The Balaban J connectivity index is 2.40. The molecule has 1 aliphatic carbocycles. The van der Waals surface area contributed by atoms with E-state index in [2.05, 4.69) is 15.3 Å². The number of rotatable bonds is 5. The van der Waals surface area contributed by atoms with E-state index in [1.54, 1.807) is 0 Å². The van der Waals surface area contributed by atoms with Gasteiger partial charge in [0.1, 0.15) is 0 Å². The first-order chi connectivity index (χ1) is 8.64. The van der Waals surface area contributed by atoms with E-state index in [-0.39, 0.29) is 6.61 Å². The van der Waals surface area contributed by atoms with E-state index in [0.29, 0.717) is 34.5 Å². The molecule has 0 bridgehead atoms. The fourth-order valence-electron chi connectivity index (χ4n) is 2.11. The lowest BCUT2D eigenvalue weighted by atomic mass is 9.77. The van der Waals surface area contributed by atoms with Crippen molar-refractivity contribution in [2.24, 2.45) is 0 Å². The SMILES string of the molecule is CCc1[nH]c(=O)nc(NC2(CO)CCC2)c1[S+]=O. The molecule has 2 rings (SSSR count). The number of H-pyrrole nitrogens is 1. The van der Waals surface area contributed by atoms with E-state index in [1.807, 2.05) is 6.92 Å². The van der Waals surface area contributed by atoms with Crippen LogP contribution in [-0.2, 0) is 22.3 Å². The van der Waals surface area contributed by atoms with Crippen molar-refractivity contribution in [2.75, 3.05) is 11.9 Å². The van der Waals surface area contributed by atoms with Crippen molar-refractivity contribution >= 4 is 17.5 Å². The number of anilines is 1. The van der Waals surface area contributed by atoms with Crippen LogP contribution in [-0.4, -0.2) is 27.2 Å². The molecule has 0 atom stereocenters. The molecule has 0 amide bonds. The van der Waals surface area contributed by atoms with Crippen LogP contribution in [0.15, 0.2) is 9.69 Å². The molecule has 3 N–H and O–H groups in total.